The third-order valence-electron chi connectivity index (χ3n) is 24.3. The van der Waals surface area contributed by atoms with Gasteiger partial charge in [-0.2, -0.15) is 4.98 Å². The molecule has 36 nitrogen and oxygen atoms in total. The molecule has 5 amide bonds. The van der Waals surface area contributed by atoms with Crippen LogP contribution >= 0.6 is 0 Å². The predicted molar refractivity (Wildman–Crippen MR) is 503 cm³/mol. The largest absolute Gasteiger partial charge is 0.506 e. The van der Waals surface area contributed by atoms with Gasteiger partial charge in [-0.05, 0) is 144 Å². The molecule has 0 radical (unpaired) electrons. The number of phenolic OH excluding ortho intramolecular Hbond substituents is 3. The molecule has 40 heteroatoms. The van der Waals surface area contributed by atoms with Gasteiger partial charge in [0, 0.05) is 161 Å². The number of nitrogens with zero attached hydrogens (tertiary/aromatic N) is 23. The van der Waals surface area contributed by atoms with Crippen LogP contribution in [-0.4, -0.2) is 284 Å². The summed E-state index contributed by atoms with van der Waals surface area (Å²) in [5, 5.41) is 32.8. The van der Waals surface area contributed by atoms with E-state index < -0.39 is 51.6 Å². The molecule has 702 valence electrons. The van der Waals surface area contributed by atoms with Crippen LogP contribution in [0.4, 0.5) is 51.6 Å². The zero-order valence-corrected chi connectivity index (χ0v) is 75.5. The highest BCUT2D eigenvalue weighted by atomic mass is 19.1. The number of para-hydroxylation sites is 4. The van der Waals surface area contributed by atoms with E-state index in [4.69, 9.17) is 14.7 Å². The van der Waals surface area contributed by atoms with Crippen LogP contribution in [0.25, 0.3) is 66.4 Å². The number of halogens is 4. The normalized spacial score (nSPS) is 14.8. The molecule has 135 heavy (non-hydrogen) atoms. The summed E-state index contributed by atoms with van der Waals surface area (Å²) in [5.74, 6) is -1.66. The lowest BCUT2D eigenvalue weighted by molar-refractivity contribution is -0.127. The van der Waals surface area contributed by atoms with Crippen LogP contribution in [0, 0.1) is 44.0 Å². The van der Waals surface area contributed by atoms with Crippen molar-refractivity contribution in [3.05, 3.63) is 255 Å². The van der Waals surface area contributed by atoms with Gasteiger partial charge < -0.3 is 74.0 Å². The van der Waals surface area contributed by atoms with E-state index in [2.05, 4.69) is 84.8 Å². The molecule has 5 fully saturated rings. The standard InChI is InChI=1S/C30H38FN7O3.C24H25FN6O4.C21H20FN5O3.C20H18FN5O3/c1-5-25(40)35-15-17-36(18-16-35)28-22-19-20(4)38(27-23(31)9-8-10-24(27)39)29(41)26(22)32-30(33-28)37-13-11-21(12-14-37)34(6-2)7-3;1-5-19(32)29-9-11-30(12-10-29)22-16-13-15(2)31(23(33)20(16)26-14-27-22)21-17(25)7-6-8-18(21)35-24(34)28(3)4;1-3-17(29)25-7-9-26(10-8-25)20-14-11-13(2)27(21(30)18(14)23-12-24-20)19-15(22)5-4-6-16(19)28;1-2-16(28)24-8-10-25(11-9-24)19-13-6-7-26(20(29)17(13)22-12-23-19)18-14(21)4-3-5-15(18)27/h5,8-10,19,21,39H,1,6-7,11-18H2,2-4H3;5-8,13-14H,1,9-12H2,2-4H3;3-6,11-12,28H,1,7-10H2,2H3;2-7,12,27H,1,8-11H2. The number of aromatic hydroxyl groups is 3. The summed E-state index contributed by atoms with van der Waals surface area (Å²) in [6.45, 7) is 35.3. The van der Waals surface area contributed by atoms with Crippen LogP contribution in [0.1, 0.15) is 43.8 Å². The molecule has 0 saturated carbocycles. The Hall–Kier alpha value is -15.8. The fourth-order valence-corrected chi connectivity index (χ4v) is 17.3. The first-order valence-electron chi connectivity index (χ1n) is 43.7. The highest BCUT2D eigenvalue weighted by Crippen LogP contribution is 2.36. The van der Waals surface area contributed by atoms with Crippen molar-refractivity contribution in [2.24, 2.45) is 0 Å². The molecule has 5 aliphatic heterocycles. The minimum absolute atomic E-state index is 0.0921. The number of rotatable bonds is 17. The molecule has 0 atom stereocenters. The first kappa shape index (κ1) is 95.3. The van der Waals surface area contributed by atoms with Gasteiger partial charge in [0.1, 0.15) is 104 Å². The first-order valence-corrected chi connectivity index (χ1v) is 43.7. The highest BCUT2D eigenvalue weighted by molar-refractivity contribution is 5.95. The van der Waals surface area contributed by atoms with Crippen molar-refractivity contribution in [3.8, 4) is 45.7 Å². The van der Waals surface area contributed by atoms with E-state index in [0.29, 0.717) is 179 Å². The van der Waals surface area contributed by atoms with E-state index in [-0.39, 0.29) is 91.4 Å². The summed E-state index contributed by atoms with van der Waals surface area (Å²) < 4.78 is 68.3. The van der Waals surface area contributed by atoms with E-state index in [0.717, 1.165) is 52.7 Å². The number of phenols is 3. The van der Waals surface area contributed by atoms with Gasteiger partial charge in [0.25, 0.3) is 22.2 Å². The van der Waals surface area contributed by atoms with Gasteiger partial charge >= 0.3 is 6.09 Å². The molecule has 0 bridgehead atoms. The zero-order chi connectivity index (χ0) is 96.5. The second-order valence-electron chi connectivity index (χ2n) is 32.4. The van der Waals surface area contributed by atoms with E-state index >= 15 is 4.39 Å². The molecular weight excluding hydrogens is 1750 g/mol. The van der Waals surface area contributed by atoms with E-state index in [1.165, 1.54) is 146 Å². The number of pyridine rings is 4. The summed E-state index contributed by atoms with van der Waals surface area (Å²) in [4.78, 5) is 169. The predicted octanol–water partition coefficient (Wildman–Crippen LogP) is 8.43. The number of amides is 5. The van der Waals surface area contributed by atoms with Gasteiger partial charge in [-0.3, -0.25) is 56.6 Å². The minimum atomic E-state index is -0.726. The second kappa shape index (κ2) is 41.3. The SMILES string of the molecule is C=CC(=O)N1CCN(c2nc(N3CCC(N(CC)CC)CC3)nc3c(=O)n(-c4c(O)cccc4F)c(C)cc23)CC1.C=CC(=O)N1CCN(c2ncnc3c(=O)n(-c4c(F)cccc4OC(=O)N(C)C)c(C)cc23)CC1.C=CC(=O)N1CCN(c2ncnc3c(=O)n(-c4c(O)cccc4F)c(C)cc23)CC1.C=CC(=O)N1CCN(c2ncnc3c(=O)n(-c4c(O)cccc4F)ccc23)CC1. The number of piperidine rings is 1. The number of fused-ring (bicyclic) bond motifs is 4. The zero-order valence-electron chi connectivity index (χ0n) is 75.5. The molecule has 5 saturated heterocycles. The van der Waals surface area contributed by atoms with Crippen LogP contribution in [-0.2, 0) is 19.2 Å². The molecule has 0 aliphatic carbocycles. The Kier molecular flexibility index (Phi) is 29.2. The van der Waals surface area contributed by atoms with Crippen molar-refractivity contribution >= 4 is 103 Å². The van der Waals surface area contributed by atoms with Crippen LogP contribution in [0.2, 0.25) is 0 Å². The Bertz CT molecular complexity index is 6830. The average Bonchev–Trinajstić information content (AvgIpc) is 0.765. The van der Waals surface area contributed by atoms with Crippen LogP contribution in [0.5, 0.6) is 23.0 Å². The maximum absolute atomic E-state index is 15.0. The van der Waals surface area contributed by atoms with Gasteiger partial charge in [0.2, 0.25) is 29.6 Å². The summed E-state index contributed by atoms with van der Waals surface area (Å²) >= 11 is 0. The number of benzene rings is 4. The number of piperazine rings is 4. The third-order valence-corrected chi connectivity index (χ3v) is 24.3. The molecular formula is C95H101F4N23O13. The molecule has 0 spiro atoms. The fourth-order valence-electron chi connectivity index (χ4n) is 17.3. The lowest BCUT2D eigenvalue weighted by Gasteiger charge is -2.38. The number of hydrogen-bond donors (Lipinski definition) is 3. The maximum Gasteiger partial charge on any atom is 0.414 e. The van der Waals surface area contributed by atoms with Gasteiger partial charge in [-0.1, -0.05) is 64.4 Å². The number of aromatic nitrogens is 12. The lowest BCUT2D eigenvalue weighted by Crippen LogP contribution is -2.49. The van der Waals surface area contributed by atoms with Crippen molar-refractivity contribution in [2.45, 2.75) is 53.5 Å². The molecule has 0 unspecified atom stereocenters. The Morgan fingerprint density at radius 2 is 0.741 bits per heavy atom. The van der Waals surface area contributed by atoms with Crippen LogP contribution < -0.4 is 51.5 Å². The van der Waals surface area contributed by atoms with Crippen LogP contribution in [0.15, 0.2) is 192 Å². The van der Waals surface area contributed by atoms with Gasteiger partial charge in [-0.25, -0.2) is 57.2 Å². The molecule has 3 N–H and O–H groups in total. The average molecular weight is 1850 g/mol. The fraction of sp³-hybridized carbons (Fsp3) is 0.316. The van der Waals surface area contributed by atoms with Crippen molar-refractivity contribution in [1.29, 1.82) is 0 Å². The molecule has 8 aromatic heterocycles. The Morgan fingerprint density at radius 3 is 1.11 bits per heavy atom. The topological polar surface area (TPSA) is 382 Å². The monoisotopic (exact) mass is 1850 g/mol. The van der Waals surface area contributed by atoms with E-state index in [1.54, 1.807) is 64.6 Å². The summed E-state index contributed by atoms with van der Waals surface area (Å²) in [6.07, 6.45) is 11.7. The number of aryl methyl sites for hydroxylation is 3. The molecule has 5 aliphatic rings. The number of hydrogen-bond acceptors (Lipinski definition) is 27. The lowest BCUT2D eigenvalue weighted by atomic mass is 10.0. The van der Waals surface area contributed by atoms with E-state index in [9.17, 15) is 71.6 Å². The summed E-state index contributed by atoms with van der Waals surface area (Å²) in [6, 6.07) is 23.0. The summed E-state index contributed by atoms with van der Waals surface area (Å²) in [5.41, 5.74) is -1.23. The Labute approximate surface area is 771 Å². The first-order chi connectivity index (χ1) is 64.9. The smallest absolute Gasteiger partial charge is 0.414 e. The molecule has 17 rings (SSSR count). The Balaban J connectivity index is 0.000000146. The number of carbonyl (C=O) groups excluding carboxylic acids is 5. The van der Waals surface area contributed by atoms with Crippen molar-refractivity contribution in [1.82, 2.24) is 87.5 Å². The van der Waals surface area contributed by atoms with Crippen LogP contribution in [0.3, 0.4) is 0 Å². The third kappa shape index (κ3) is 19.6. The second-order valence-corrected chi connectivity index (χ2v) is 32.4. The summed E-state index contributed by atoms with van der Waals surface area (Å²) in [7, 11) is 3.00. The number of ether oxygens (including phenoxy) is 1. The molecule has 4 aromatic carbocycles. The van der Waals surface area contributed by atoms with Crippen molar-refractivity contribution < 1.29 is 61.6 Å². The van der Waals surface area contributed by atoms with Gasteiger partial charge in [-0.15, -0.1) is 0 Å². The number of carbonyl (C=O) groups is 5. The van der Waals surface area contributed by atoms with Crippen molar-refractivity contribution in [3.63, 3.8) is 0 Å². The maximum atomic E-state index is 15.0. The van der Waals surface area contributed by atoms with Crippen molar-refractivity contribution in [2.75, 3.05) is 169 Å². The minimum Gasteiger partial charge on any atom is -0.506 e. The molecule has 13 heterocycles. The van der Waals surface area contributed by atoms with Gasteiger partial charge in [0.15, 0.2) is 29.0 Å². The quantitative estimate of drug-likeness (QED) is 0.0568. The molecule has 12 aromatic rings. The highest BCUT2D eigenvalue weighted by Gasteiger charge is 2.34. The number of anilines is 5. The van der Waals surface area contributed by atoms with E-state index in [1.807, 2.05) is 14.7 Å². The Morgan fingerprint density at radius 1 is 0.407 bits per heavy atom. The van der Waals surface area contributed by atoms with Gasteiger partial charge in [0.05, 0.1) is 21.5 Å².